The van der Waals surface area contributed by atoms with Crippen LogP contribution in [0.3, 0.4) is 0 Å². The zero-order chi connectivity index (χ0) is 15.6. The van der Waals surface area contributed by atoms with Gasteiger partial charge in [-0.15, -0.1) is 0 Å². The number of halogens is 2. The maximum absolute atomic E-state index is 14.0. The first-order valence-electron chi connectivity index (χ1n) is 6.63. The molecule has 1 unspecified atom stereocenters. The van der Waals surface area contributed by atoms with Crippen molar-refractivity contribution in [3.63, 3.8) is 0 Å². The van der Waals surface area contributed by atoms with Gasteiger partial charge in [0.15, 0.2) is 0 Å². The third-order valence-corrected chi connectivity index (χ3v) is 3.90. The van der Waals surface area contributed by atoms with Crippen LogP contribution in [0.25, 0.3) is 0 Å². The van der Waals surface area contributed by atoms with Crippen molar-refractivity contribution < 1.29 is 14.3 Å². The zero-order valence-electron chi connectivity index (χ0n) is 11.9. The predicted octanol–water partition coefficient (Wildman–Crippen LogP) is 4.51. The highest BCUT2D eigenvalue weighted by Crippen LogP contribution is 2.31. The number of aryl methyl sites for hydroxylation is 2. The van der Waals surface area contributed by atoms with E-state index in [1.165, 1.54) is 18.2 Å². The monoisotopic (exact) mass is 306 g/mol. The molecule has 2 aromatic carbocycles. The van der Waals surface area contributed by atoms with Crippen LogP contribution >= 0.6 is 11.6 Å². The van der Waals surface area contributed by atoms with Crippen LogP contribution < -0.4 is 0 Å². The lowest BCUT2D eigenvalue weighted by Gasteiger charge is -2.17. The molecular weight excluding hydrogens is 291 g/mol. The summed E-state index contributed by atoms with van der Waals surface area (Å²) in [5, 5.41) is 9.62. The summed E-state index contributed by atoms with van der Waals surface area (Å²) >= 11 is 6.00. The van der Waals surface area contributed by atoms with Crippen LogP contribution in [0.2, 0.25) is 5.02 Å². The Kier molecular flexibility index (Phi) is 4.63. The van der Waals surface area contributed by atoms with Crippen molar-refractivity contribution in [2.45, 2.75) is 26.2 Å². The van der Waals surface area contributed by atoms with E-state index in [1.54, 1.807) is 0 Å². The van der Waals surface area contributed by atoms with Crippen molar-refractivity contribution in [3.8, 4) is 0 Å². The van der Waals surface area contributed by atoms with E-state index in [0.29, 0.717) is 0 Å². The van der Waals surface area contributed by atoms with Crippen LogP contribution in [0.1, 0.15) is 28.2 Å². The topological polar surface area (TPSA) is 37.3 Å². The predicted molar refractivity (Wildman–Crippen MR) is 81.4 cm³/mol. The molecule has 1 atom stereocenters. The van der Waals surface area contributed by atoms with Crippen LogP contribution in [0.5, 0.6) is 0 Å². The second kappa shape index (κ2) is 6.27. The first-order valence-corrected chi connectivity index (χ1v) is 7.00. The van der Waals surface area contributed by atoms with Gasteiger partial charge in [-0.05, 0) is 43.5 Å². The van der Waals surface area contributed by atoms with Gasteiger partial charge in [0.2, 0.25) is 0 Å². The van der Waals surface area contributed by atoms with E-state index in [-0.39, 0.29) is 17.0 Å². The number of aliphatic carboxylic acids is 1. The molecule has 4 heteroatoms. The molecule has 0 bridgehead atoms. The largest absolute Gasteiger partial charge is 0.481 e. The summed E-state index contributed by atoms with van der Waals surface area (Å²) in [5.41, 5.74) is 2.97. The first-order chi connectivity index (χ1) is 9.90. The smallest absolute Gasteiger partial charge is 0.311 e. The van der Waals surface area contributed by atoms with Gasteiger partial charge in [0.05, 0.1) is 5.92 Å². The average molecular weight is 307 g/mol. The van der Waals surface area contributed by atoms with Crippen molar-refractivity contribution in [2.75, 3.05) is 0 Å². The van der Waals surface area contributed by atoms with Crippen LogP contribution in [0.4, 0.5) is 4.39 Å². The van der Waals surface area contributed by atoms with E-state index in [2.05, 4.69) is 0 Å². The highest BCUT2D eigenvalue weighted by molar-refractivity contribution is 6.31. The van der Waals surface area contributed by atoms with E-state index in [4.69, 9.17) is 11.6 Å². The summed E-state index contributed by atoms with van der Waals surface area (Å²) in [6.45, 7) is 3.85. The van der Waals surface area contributed by atoms with Crippen LogP contribution in [0.15, 0.2) is 36.4 Å². The Balaban J connectivity index is 2.46. The summed E-state index contributed by atoms with van der Waals surface area (Å²) in [4.78, 5) is 11.6. The van der Waals surface area contributed by atoms with Crippen molar-refractivity contribution in [3.05, 3.63) is 69.5 Å². The molecule has 0 saturated heterocycles. The Morgan fingerprint density at radius 1 is 1.29 bits per heavy atom. The van der Waals surface area contributed by atoms with E-state index >= 15 is 0 Å². The Labute approximate surface area is 128 Å². The van der Waals surface area contributed by atoms with E-state index in [9.17, 15) is 14.3 Å². The maximum Gasteiger partial charge on any atom is 0.311 e. The number of rotatable bonds is 4. The molecular formula is C17H16ClFO2. The molecule has 0 amide bonds. The number of benzene rings is 2. The minimum Gasteiger partial charge on any atom is -0.481 e. The van der Waals surface area contributed by atoms with Gasteiger partial charge in [-0.3, -0.25) is 4.79 Å². The fraction of sp³-hybridized carbons (Fsp3) is 0.235. The fourth-order valence-electron chi connectivity index (χ4n) is 2.40. The molecule has 0 aliphatic carbocycles. The van der Waals surface area contributed by atoms with E-state index in [0.717, 1.165) is 16.7 Å². The Morgan fingerprint density at radius 2 is 2.00 bits per heavy atom. The molecule has 0 radical (unpaired) electrons. The van der Waals surface area contributed by atoms with Gasteiger partial charge in [0, 0.05) is 10.6 Å². The fourth-order valence-corrected chi connectivity index (χ4v) is 2.69. The standard InChI is InChI=1S/C17H16ClFO2/c1-10-6-7-11(2)12(8-10)9-13(17(20)21)16-14(18)4-3-5-15(16)19/h3-8,13H,9H2,1-2H3,(H,20,21). The molecule has 0 fully saturated rings. The number of carboxylic acid groups (broad SMARTS) is 1. The molecule has 2 nitrogen and oxygen atoms in total. The van der Waals surface area contributed by atoms with Crippen LogP contribution in [-0.2, 0) is 11.2 Å². The second-order valence-electron chi connectivity index (χ2n) is 5.16. The molecule has 0 aromatic heterocycles. The van der Waals surface area contributed by atoms with Gasteiger partial charge in [-0.2, -0.15) is 0 Å². The molecule has 0 spiro atoms. The lowest BCUT2D eigenvalue weighted by atomic mass is 9.89. The number of carbonyl (C=O) groups is 1. The highest BCUT2D eigenvalue weighted by atomic mass is 35.5. The molecule has 110 valence electrons. The van der Waals surface area contributed by atoms with Crippen LogP contribution in [-0.4, -0.2) is 11.1 Å². The minimum atomic E-state index is -1.08. The van der Waals surface area contributed by atoms with Gasteiger partial charge in [-0.25, -0.2) is 4.39 Å². The van der Waals surface area contributed by atoms with Crippen molar-refractivity contribution >= 4 is 17.6 Å². The van der Waals surface area contributed by atoms with Gasteiger partial charge in [-0.1, -0.05) is 41.4 Å². The molecule has 21 heavy (non-hydrogen) atoms. The van der Waals surface area contributed by atoms with Gasteiger partial charge in [0.25, 0.3) is 0 Å². The first kappa shape index (κ1) is 15.5. The van der Waals surface area contributed by atoms with E-state index in [1.807, 2.05) is 32.0 Å². The highest BCUT2D eigenvalue weighted by Gasteiger charge is 2.26. The third-order valence-electron chi connectivity index (χ3n) is 3.57. The summed E-state index contributed by atoms with van der Waals surface area (Å²) in [6.07, 6.45) is 0.212. The molecule has 1 N–H and O–H groups in total. The van der Waals surface area contributed by atoms with Crippen molar-refractivity contribution in [1.82, 2.24) is 0 Å². The molecule has 0 aliphatic heterocycles. The SMILES string of the molecule is Cc1ccc(C)c(CC(C(=O)O)c2c(F)cccc2Cl)c1. The van der Waals surface area contributed by atoms with E-state index < -0.39 is 17.7 Å². The molecule has 2 rings (SSSR count). The Bertz CT molecular complexity index is 662. The molecule has 0 saturated carbocycles. The third kappa shape index (κ3) is 3.42. The Morgan fingerprint density at radius 3 is 2.62 bits per heavy atom. The molecule has 2 aromatic rings. The quantitative estimate of drug-likeness (QED) is 0.902. The summed E-state index contributed by atoms with van der Waals surface area (Å²) < 4.78 is 14.0. The summed E-state index contributed by atoms with van der Waals surface area (Å²) in [7, 11) is 0. The lowest BCUT2D eigenvalue weighted by molar-refractivity contribution is -0.138. The molecule has 0 heterocycles. The summed E-state index contributed by atoms with van der Waals surface area (Å²) in [6, 6.07) is 10.1. The number of hydrogen-bond acceptors (Lipinski definition) is 1. The van der Waals surface area contributed by atoms with Gasteiger partial charge >= 0.3 is 5.97 Å². The van der Waals surface area contributed by atoms with Crippen molar-refractivity contribution in [2.24, 2.45) is 0 Å². The number of hydrogen-bond donors (Lipinski definition) is 1. The van der Waals surface area contributed by atoms with Crippen LogP contribution in [0, 0.1) is 19.7 Å². The van der Waals surface area contributed by atoms with Crippen molar-refractivity contribution in [1.29, 1.82) is 0 Å². The van der Waals surface area contributed by atoms with Gasteiger partial charge < -0.3 is 5.11 Å². The van der Waals surface area contributed by atoms with Gasteiger partial charge in [0.1, 0.15) is 5.82 Å². The zero-order valence-corrected chi connectivity index (χ0v) is 12.6. The second-order valence-corrected chi connectivity index (χ2v) is 5.57. The Hall–Kier alpha value is -1.87. The normalized spacial score (nSPS) is 12.2. The minimum absolute atomic E-state index is 0.0487. The molecule has 0 aliphatic rings. The average Bonchev–Trinajstić information content (AvgIpc) is 2.41. The number of carboxylic acids is 1. The lowest BCUT2D eigenvalue weighted by Crippen LogP contribution is -2.17. The summed E-state index contributed by atoms with van der Waals surface area (Å²) in [5.74, 6) is -2.66. The maximum atomic E-state index is 14.0.